The van der Waals surface area contributed by atoms with Crippen LogP contribution in [0.25, 0.3) is 0 Å². The van der Waals surface area contributed by atoms with Crippen molar-refractivity contribution in [1.82, 2.24) is 4.57 Å². The number of hydrogen-bond acceptors (Lipinski definition) is 1. The maximum Gasteiger partial charge on any atom is 0.251 e. The Bertz CT molecular complexity index is 571. The van der Waals surface area contributed by atoms with Crippen LogP contribution in [0.1, 0.15) is 11.6 Å². The minimum Gasteiger partial charge on any atom is -0.305 e. The second-order valence-corrected chi connectivity index (χ2v) is 3.68. The van der Waals surface area contributed by atoms with Crippen molar-refractivity contribution in [3.05, 3.63) is 83.1 Å². The molecule has 1 aromatic heterocycles. The second kappa shape index (κ2) is 4.78. The number of halogens is 1. The quantitative estimate of drug-likeness (QED) is 0.742. The van der Waals surface area contributed by atoms with Gasteiger partial charge in [-0.2, -0.15) is 0 Å². The number of nitrogens with zero attached hydrogens (tertiary/aromatic N) is 1. The zero-order chi connectivity index (χ0) is 12.3. The molecule has 0 aliphatic rings. The maximum atomic E-state index is 12.8. The van der Waals surface area contributed by atoms with Crippen LogP contribution in [-0.2, 0) is 0 Å². The van der Waals surface area contributed by atoms with Gasteiger partial charge in [-0.3, -0.25) is 4.79 Å². The molecule has 1 atom stereocenters. The average Bonchev–Trinajstić information content (AvgIpc) is 2.35. The molecule has 0 aliphatic carbocycles. The molecule has 2 nitrogen and oxygen atoms in total. The van der Waals surface area contributed by atoms with Crippen molar-refractivity contribution in [2.24, 2.45) is 0 Å². The summed E-state index contributed by atoms with van der Waals surface area (Å²) in [5.74, 6) is -0.294. The van der Waals surface area contributed by atoms with Crippen molar-refractivity contribution >= 4 is 0 Å². The zero-order valence-corrected chi connectivity index (χ0v) is 9.21. The summed E-state index contributed by atoms with van der Waals surface area (Å²) in [6, 6.07) is 10.7. The first-order chi connectivity index (χ1) is 8.22. The Morgan fingerprint density at radius 3 is 2.47 bits per heavy atom. The lowest BCUT2D eigenvalue weighted by atomic mass is 10.1. The van der Waals surface area contributed by atoms with Gasteiger partial charge >= 0.3 is 0 Å². The van der Waals surface area contributed by atoms with Gasteiger partial charge in [0.25, 0.3) is 5.56 Å². The minimum absolute atomic E-state index is 0.110. The molecule has 3 heteroatoms. The van der Waals surface area contributed by atoms with Crippen molar-refractivity contribution in [2.45, 2.75) is 6.04 Å². The van der Waals surface area contributed by atoms with Gasteiger partial charge in [0.05, 0.1) is 6.04 Å². The SMILES string of the molecule is C=C[C@@H](c1ccc(F)cc1)n1ccccc1=O. The van der Waals surface area contributed by atoms with Crippen molar-refractivity contribution in [3.63, 3.8) is 0 Å². The van der Waals surface area contributed by atoms with Gasteiger partial charge in [0.1, 0.15) is 5.82 Å². The smallest absolute Gasteiger partial charge is 0.251 e. The topological polar surface area (TPSA) is 22.0 Å². The zero-order valence-electron chi connectivity index (χ0n) is 9.21. The van der Waals surface area contributed by atoms with Crippen molar-refractivity contribution in [2.75, 3.05) is 0 Å². The van der Waals surface area contributed by atoms with E-state index in [0.29, 0.717) is 0 Å². The first kappa shape index (κ1) is 11.3. The molecule has 0 saturated heterocycles. The van der Waals surface area contributed by atoms with Gasteiger partial charge in [0, 0.05) is 12.3 Å². The third-order valence-corrected chi connectivity index (χ3v) is 2.59. The van der Waals surface area contributed by atoms with Crippen LogP contribution in [0.2, 0.25) is 0 Å². The van der Waals surface area contributed by atoms with Crippen molar-refractivity contribution < 1.29 is 4.39 Å². The van der Waals surface area contributed by atoms with E-state index < -0.39 is 0 Å². The summed E-state index contributed by atoms with van der Waals surface area (Å²) in [4.78, 5) is 11.7. The molecule has 1 aromatic carbocycles. The molecule has 0 N–H and O–H groups in total. The predicted molar refractivity (Wildman–Crippen MR) is 65.4 cm³/mol. The van der Waals surface area contributed by atoms with E-state index in [1.54, 1.807) is 41.1 Å². The third-order valence-electron chi connectivity index (χ3n) is 2.59. The number of rotatable bonds is 3. The highest BCUT2D eigenvalue weighted by Gasteiger charge is 2.10. The van der Waals surface area contributed by atoms with E-state index in [1.807, 2.05) is 0 Å². The van der Waals surface area contributed by atoms with E-state index >= 15 is 0 Å². The summed E-state index contributed by atoms with van der Waals surface area (Å²) >= 11 is 0. The van der Waals surface area contributed by atoms with Crippen LogP contribution in [0, 0.1) is 5.82 Å². The summed E-state index contributed by atoms with van der Waals surface area (Å²) in [5, 5.41) is 0. The minimum atomic E-state index is -0.294. The van der Waals surface area contributed by atoms with Gasteiger partial charge in [0.15, 0.2) is 0 Å². The van der Waals surface area contributed by atoms with E-state index in [9.17, 15) is 9.18 Å². The second-order valence-electron chi connectivity index (χ2n) is 3.68. The van der Waals surface area contributed by atoms with Crippen LogP contribution >= 0.6 is 0 Å². The highest BCUT2D eigenvalue weighted by molar-refractivity contribution is 5.24. The van der Waals surface area contributed by atoms with Gasteiger partial charge in [0.2, 0.25) is 0 Å². The Labute approximate surface area is 98.7 Å². The molecule has 0 amide bonds. The van der Waals surface area contributed by atoms with Crippen LogP contribution in [-0.4, -0.2) is 4.57 Å². The Hall–Kier alpha value is -2.16. The Kier molecular flexibility index (Phi) is 3.19. The lowest BCUT2D eigenvalue weighted by molar-refractivity contribution is 0.622. The lowest BCUT2D eigenvalue weighted by Crippen LogP contribution is -2.22. The van der Waals surface area contributed by atoms with Crippen LogP contribution in [0.5, 0.6) is 0 Å². The molecular weight excluding hydrogens is 217 g/mol. The molecule has 0 unspecified atom stereocenters. The summed E-state index contributed by atoms with van der Waals surface area (Å²) < 4.78 is 14.4. The monoisotopic (exact) mass is 229 g/mol. The molecular formula is C14H12FNO. The van der Waals surface area contributed by atoms with Gasteiger partial charge in [-0.05, 0) is 23.8 Å². The highest BCUT2D eigenvalue weighted by Crippen LogP contribution is 2.17. The fourth-order valence-corrected chi connectivity index (χ4v) is 1.74. The molecule has 0 fully saturated rings. The summed E-state index contributed by atoms with van der Waals surface area (Å²) in [6.07, 6.45) is 3.35. The normalized spacial score (nSPS) is 12.1. The Morgan fingerprint density at radius 2 is 1.88 bits per heavy atom. The Balaban J connectivity index is 2.48. The fourth-order valence-electron chi connectivity index (χ4n) is 1.74. The molecule has 2 aromatic rings. The molecule has 86 valence electrons. The molecule has 2 rings (SSSR count). The molecule has 0 spiro atoms. The van der Waals surface area contributed by atoms with E-state index in [2.05, 4.69) is 6.58 Å². The number of allylic oxidation sites excluding steroid dienone is 1. The molecule has 0 saturated carbocycles. The molecule has 17 heavy (non-hydrogen) atoms. The van der Waals surface area contributed by atoms with Gasteiger partial charge in [-0.15, -0.1) is 6.58 Å². The fraction of sp³-hybridized carbons (Fsp3) is 0.0714. The molecule has 0 bridgehead atoms. The van der Waals surface area contributed by atoms with E-state index in [4.69, 9.17) is 0 Å². The maximum absolute atomic E-state index is 12.8. The summed E-state index contributed by atoms with van der Waals surface area (Å²) in [6.45, 7) is 3.72. The van der Waals surface area contributed by atoms with Gasteiger partial charge < -0.3 is 4.57 Å². The largest absolute Gasteiger partial charge is 0.305 e. The number of hydrogen-bond donors (Lipinski definition) is 0. The molecule has 1 heterocycles. The summed E-state index contributed by atoms with van der Waals surface area (Å²) in [5.41, 5.74) is 0.719. The van der Waals surface area contributed by atoms with Gasteiger partial charge in [-0.25, -0.2) is 4.39 Å². The number of aromatic nitrogens is 1. The van der Waals surface area contributed by atoms with Gasteiger partial charge in [-0.1, -0.05) is 24.3 Å². The number of pyridine rings is 1. The lowest BCUT2D eigenvalue weighted by Gasteiger charge is -2.16. The van der Waals surface area contributed by atoms with Crippen LogP contribution < -0.4 is 5.56 Å². The first-order valence-corrected chi connectivity index (χ1v) is 5.27. The average molecular weight is 229 g/mol. The van der Waals surface area contributed by atoms with E-state index in [0.717, 1.165) is 5.56 Å². The van der Waals surface area contributed by atoms with Crippen molar-refractivity contribution in [3.8, 4) is 0 Å². The highest BCUT2D eigenvalue weighted by atomic mass is 19.1. The standard InChI is InChI=1S/C14H12FNO/c1-2-13(11-6-8-12(15)9-7-11)16-10-4-3-5-14(16)17/h2-10,13H,1H2/t13-/m0/s1. The predicted octanol–water partition coefficient (Wildman–Crippen LogP) is 2.76. The van der Waals surface area contributed by atoms with E-state index in [1.165, 1.54) is 18.2 Å². The van der Waals surface area contributed by atoms with Crippen molar-refractivity contribution in [1.29, 1.82) is 0 Å². The summed E-state index contributed by atoms with van der Waals surface area (Å²) in [7, 11) is 0. The van der Waals surface area contributed by atoms with Crippen LogP contribution in [0.3, 0.4) is 0 Å². The molecule has 0 radical (unpaired) electrons. The van der Waals surface area contributed by atoms with Crippen LogP contribution in [0.4, 0.5) is 4.39 Å². The Morgan fingerprint density at radius 1 is 1.18 bits per heavy atom. The third kappa shape index (κ3) is 2.33. The number of benzene rings is 1. The first-order valence-electron chi connectivity index (χ1n) is 5.27. The van der Waals surface area contributed by atoms with E-state index in [-0.39, 0.29) is 17.4 Å². The molecule has 0 aliphatic heterocycles. The van der Waals surface area contributed by atoms with Crippen LogP contribution in [0.15, 0.2) is 66.1 Å².